The van der Waals surface area contributed by atoms with Gasteiger partial charge in [-0.05, 0) is 37.6 Å². The normalized spacial score (nSPS) is 10.7. The number of nitrogens with one attached hydrogen (secondary N) is 2. The summed E-state index contributed by atoms with van der Waals surface area (Å²) in [6.07, 6.45) is 0. The summed E-state index contributed by atoms with van der Waals surface area (Å²) in [7, 11) is 0. The number of hydrogen-bond acceptors (Lipinski definition) is 4. The van der Waals surface area contributed by atoms with E-state index in [-0.39, 0.29) is 11.9 Å². The van der Waals surface area contributed by atoms with Gasteiger partial charge in [-0.1, -0.05) is 23.7 Å². The Morgan fingerprint density at radius 2 is 2.09 bits per heavy atom. The van der Waals surface area contributed by atoms with E-state index in [4.69, 9.17) is 11.6 Å². The van der Waals surface area contributed by atoms with Crippen LogP contribution in [0.25, 0.3) is 11.4 Å². The minimum Gasteiger partial charge on any atom is -0.288 e. The Morgan fingerprint density at radius 1 is 1.32 bits per heavy atom. The van der Waals surface area contributed by atoms with Crippen LogP contribution in [0, 0.1) is 13.8 Å². The number of aromatic amines is 1. The van der Waals surface area contributed by atoms with E-state index in [1.54, 1.807) is 6.07 Å². The van der Waals surface area contributed by atoms with E-state index < -0.39 is 0 Å². The molecule has 2 heterocycles. The van der Waals surface area contributed by atoms with Gasteiger partial charge < -0.3 is 0 Å². The number of aryl methyl sites for hydroxylation is 2. The Bertz CT molecular complexity index is 820. The number of nitrogens with zero attached hydrogens (tertiary/aromatic N) is 2. The van der Waals surface area contributed by atoms with Crippen molar-refractivity contribution in [3.63, 3.8) is 0 Å². The SMILES string of the molecule is Cc1cc(C(=O)Nc2n[nH]c(-c3ccccc3Cl)n2)sc1C. The van der Waals surface area contributed by atoms with Crippen LogP contribution in [0.5, 0.6) is 0 Å². The van der Waals surface area contributed by atoms with Crippen molar-refractivity contribution >= 4 is 34.8 Å². The number of aromatic nitrogens is 3. The highest BCUT2D eigenvalue weighted by Crippen LogP contribution is 2.25. The predicted molar refractivity (Wildman–Crippen MR) is 88.6 cm³/mol. The van der Waals surface area contributed by atoms with Gasteiger partial charge >= 0.3 is 0 Å². The van der Waals surface area contributed by atoms with E-state index in [2.05, 4.69) is 20.5 Å². The van der Waals surface area contributed by atoms with Crippen LogP contribution in [0.4, 0.5) is 5.95 Å². The van der Waals surface area contributed by atoms with Crippen LogP contribution in [0.1, 0.15) is 20.1 Å². The number of anilines is 1. The maximum atomic E-state index is 12.2. The van der Waals surface area contributed by atoms with Gasteiger partial charge in [-0.25, -0.2) is 0 Å². The summed E-state index contributed by atoms with van der Waals surface area (Å²) in [5.41, 5.74) is 1.84. The molecule has 0 saturated carbocycles. The summed E-state index contributed by atoms with van der Waals surface area (Å²) in [6.45, 7) is 3.96. The van der Waals surface area contributed by atoms with Crippen molar-refractivity contribution in [2.75, 3.05) is 5.32 Å². The van der Waals surface area contributed by atoms with E-state index in [1.165, 1.54) is 11.3 Å². The van der Waals surface area contributed by atoms with Crippen LogP contribution >= 0.6 is 22.9 Å². The lowest BCUT2D eigenvalue weighted by atomic mass is 10.2. The van der Waals surface area contributed by atoms with E-state index in [9.17, 15) is 4.79 Å². The van der Waals surface area contributed by atoms with Gasteiger partial charge in [0, 0.05) is 10.4 Å². The van der Waals surface area contributed by atoms with Gasteiger partial charge in [0.15, 0.2) is 5.82 Å². The minimum atomic E-state index is -0.217. The van der Waals surface area contributed by atoms with Crippen LogP contribution in [0.15, 0.2) is 30.3 Å². The maximum Gasteiger partial charge on any atom is 0.268 e. The van der Waals surface area contributed by atoms with Crippen molar-refractivity contribution in [2.24, 2.45) is 0 Å². The highest BCUT2D eigenvalue weighted by atomic mass is 35.5. The van der Waals surface area contributed by atoms with Crippen molar-refractivity contribution in [3.05, 3.63) is 50.7 Å². The number of hydrogen-bond donors (Lipinski definition) is 2. The Hall–Kier alpha value is -2.18. The minimum absolute atomic E-state index is 0.217. The van der Waals surface area contributed by atoms with E-state index in [1.807, 2.05) is 38.1 Å². The zero-order valence-corrected chi connectivity index (χ0v) is 13.5. The van der Waals surface area contributed by atoms with Gasteiger partial charge in [0.05, 0.1) is 9.90 Å². The molecule has 3 rings (SSSR count). The zero-order valence-electron chi connectivity index (χ0n) is 12.0. The molecule has 1 amide bonds. The number of halogens is 1. The third-order valence-electron chi connectivity index (χ3n) is 3.23. The molecule has 0 radical (unpaired) electrons. The molecule has 5 nitrogen and oxygen atoms in total. The molecule has 112 valence electrons. The summed E-state index contributed by atoms with van der Waals surface area (Å²) in [5.74, 6) is 0.522. The van der Waals surface area contributed by atoms with Crippen LogP contribution < -0.4 is 5.32 Å². The zero-order chi connectivity index (χ0) is 15.7. The van der Waals surface area contributed by atoms with Gasteiger partial charge in [0.1, 0.15) is 0 Å². The van der Waals surface area contributed by atoms with Gasteiger partial charge in [-0.15, -0.1) is 16.4 Å². The first-order valence-electron chi connectivity index (χ1n) is 6.60. The lowest BCUT2D eigenvalue weighted by Crippen LogP contribution is -2.11. The highest BCUT2D eigenvalue weighted by molar-refractivity contribution is 7.14. The highest BCUT2D eigenvalue weighted by Gasteiger charge is 2.14. The Kier molecular flexibility index (Phi) is 3.96. The number of amides is 1. The molecule has 0 saturated heterocycles. The smallest absolute Gasteiger partial charge is 0.268 e. The van der Waals surface area contributed by atoms with E-state index in [0.29, 0.717) is 15.7 Å². The molecule has 0 spiro atoms. The third-order valence-corrected chi connectivity index (χ3v) is 4.71. The topological polar surface area (TPSA) is 70.7 Å². The van der Waals surface area contributed by atoms with Gasteiger partial charge in [0.25, 0.3) is 5.91 Å². The molecular formula is C15H13ClN4OS. The van der Waals surface area contributed by atoms with Gasteiger partial charge in [0.2, 0.25) is 5.95 Å². The lowest BCUT2D eigenvalue weighted by molar-refractivity contribution is 0.102. The summed E-state index contributed by atoms with van der Waals surface area (Å²) in [6, 6.07) is 9.16. The molecule has 0 aliphatic carbocycles. The van der Waals surface area contributed by atoms with Crippen LogP contribution in [0.3, 0.4) is 0 Å². The summed E-state index contributed by atoms with van der Waals surface area (Å²) in [4.78, 5) is 18.2. The molecule has 7 heteroatoms. The van der Waals surface area contributed by atoms with Gasteiger partial charge in [-0.2, -0.15) is 4.98 Å². The molecule has 2 N–H and O–H groups in total. The van der Waals surface area contributed by atoms with Crippen molar-refractivity contribution in [1.29, 1.82) is 0 Å². The summed E-state index contributed by atoms with van der Waals surface area (Å²) < 4.78 is 0. The standard InChI is InChI=1S/C15H13ClN4OS/c1-8-7-12(22-9(8)2)14(21)18-15-17-13(19-20-15)10-5-3-4-6-11(10)16/h3-7H,1-2H3,(H2,17,18,19,20,21). The molecule has 0 aliphatic rings. The molecule has 2 aromatic heterocycles. The molecule has 0 unspecified atom stereocenters. The monoisotopic (exact) mass is 332 g/mol. The molecule has 0 bridgehead atoms. The fraction of sp³-hybridized carbons (Fsp3) is 0.133. The van der Waals surface area contributed by atoms with Crippen molar-refractivity contribution in [1.82, 2.24) is 15.2 Å². The van der Waals surface area contributed by atoms with Gasteiger partial charge in [-0.3, -0.25) is 15.2 Å². The van der Waals surface area contributed by atoms with Crippen molar-refractivity contribution < 1.29 is 4.79 Å². The summed E-state index contributed by atoms with van der Waals surface area (Å²) in [5, 5.41) is 10.0. The Balaban J connectivity index is 1.80. The molecular weight excluding hydrogens is 320 g/mol. The van der Waals surface area contributed by atoms with Crippen LogP contribution in [-0.2, 0) is 0 Å². The van der Waals surface area contributed by atoms with E-state index in [0.717, 1.165) is 16.0 Å². The second-order valence-corrected chi connectivity index (χ2v) is 6.45. The molecule has 0 fully saturated rings. The number of benzene rings is 1. The average Bonchev–Trinajstić information content (AvgIpc) is 3.07. The number of thiophene rings is 1. The maximum absolute atomic E-state index is 12.2. The predicted octanol–water partition coefficient (Wildman–Crippen LogP) is 4.06. The number of carbonyl (C=O) groups is 1. The molecule has 22 heavy (non-hydrogen) atoms. The Labute approximate surface area is 136 Å². The van der Waals surface area contributed by atoms with E-state index >= 15 is 0 Å². The molecule has 0 atom stereocenters. The number of H-pyrrole nitrogens is 1. The number of rotatable bonds is 3. The first kappa shape index (κ1) is 14.7. The average molecular weight is 333 g/mol. The van der Waals surface area contributed by atoms with Crippen molar-refractivity contribution in [3.8, 4) is 11.4 Å². The van der Waals surface area contributed by atoms with Crippen LogP contribution in [-0.4, -0.2) is 21.1 Å². The lowest BCUT2D eigenvalue weighted by Gasteiger charge is -1.98. The molecule has 1 aromatic carbocycles. The summed E-state index contributed by atoms with van der Waals surface area (Å²) >= 11 is 7.56. The fourth-order valence-corrected chi connectivity index (χ4v) is 3.09. The first-order chi connectivity index (χ1) is 10.5. The largest absolute Gasteiger partial charge is 0.288 e. The second-order valence-electron chi connectivity index (χ2n) is 4.79. The Morgan fingerprint density at radius 3 is 2.77 bits per heavy atom. The second kappa shape index (κ2) is 5.90. The molecule has 0 aliphatic heterocycles. The molecule has 3 aromatic rings. The first-order valence-corrected chi connectivity index (χ1v) is 7.79. The van der Waals surface area contributed by atoms with Crippen molar-refractivity contribution in [2.45, 2.75) is 13.8 Å². The van der Waals surface area contributed by atoms with Crippen LogP contribution in [0.2, 0.25) is 5.02 Å². The number of carbonyl (C=O) groups excluding carboxylic acids is 1. The third kappa shape index (κ3) is 2.88. The quantitative estimate of drug-likeness (QED) is 0.760. The fourth-order valence-electron chi connectivity index (χ4n) is 1.94.